The van der Waals surface area contributed by atoms with Crippen LogP contribution in [0.2, 0.25) is 5.02 Å². The van der Waals surface area contributed by atoms with Gasteiger partial charge in [-0.1, -0.05) is 11.6 Å². The molecule has 0 radical (unpaired) electrons. The Morgan fingerprint density at radius 1 is 1.47 bits per heavy atom. The summed E-state index contributed by atoms with van der Waals surface area (Å²) in [6, 6.07) is 0. The molecule has 94 valence electrons. The minimum atomic E-state index is 0.0530. The normalized spacial score (nSPS) is 17.4. The first-order valence-corrected chi connectivity index (χ1v) is 5.89. The van der Waals surface area contributed by atoms with Crippen LogP contribution in [0.4, 0.5) is 5.82 Å². The SMILES string of the molecule is CN1CCN(C(=O)Cn2cc(Cl)c(N)n2)CC1. The van der Waals surface area contributed by atoms with Crippen molar-refractivity contribution in [2.45, 2.75) is 6.54 Å². The fourth-order valence-corrected chi connectivity index (χ4v) is 1.94. The van der Waals surface area contributed by atoms with Crippen molar-refractivity contribution in [2.24, 2.45) is 0 Å². The van der Waals surface area contributed by atoms with Crippen LogP contribution in [-0.4, -0.2) is 58.7 Å². The number of halogens is 1. The molecule has 0 bridgehead atoms. The Morgan fingerprint density at radius 3 is 2.65 bits per heavy atom. The maximum absolute atomic E-state index is 12.0. The van der Waals surface area contributed by atoms with Gasteiger partial charge in [-0.2, -0.15) is 5.10 Å². The third-order valence-corrected chi connectivity index (χ3v) is 3.19. The first kappa shape index (κ1) is 12.2. The lowest BCUT2D eigenvalue weighted by molar-refractivity contribution is -0.133. The molecule has 0 atom stereocenters. The number of rotatable bonds is 2. The number of amides is 1. The Kier molecular flexibility index (Phi) is 3.54. The number of likely N-dealkylation sites (N-methyl/N-ethyl adjacent to an activating group) is 1. The molecule has 0 spiro atoms. The quantitative estimate of drug-likeness (QED) is 0.803. The van der Waals surface area contributed by atoms with Gasteiger partial charge in [0.15, 0.2) is 5.82 Å². The van der Waals surface area contributed by atoms with Crippen molar-refractivity contribution < 1.29 is 4.79 Å². The Hall–Kier alpha value is -1.27. The number of nitrogen functional groups attached to an aromatic ring is 1. The first-order chi connectivity index (χ1) is 8.06. The van der Waals surface area contributed by atoms with Crippen molar-refractivity contribution in [3.63, 3.8) is 0 Å². The summed E-state index contributed by atoms with van der Waals surface area (Å²) in [5.74, 6) is 0.315. The number of hydrogen-bond donors (Lipinski definition) is 1. The molecule has 0 aromatic carbocycles. The molecule has 17 heavy (non-hydrogen) atoms. The van der Waals surface area contributed by atoms with Gasteiger partial charge in [0.25, 0.3) is 0 Å². The lowest BCUT2D eigenvalue weighted by Gasteiger charge is -2.32. The molecule has 1 aromatic heterocycles. The van der Waals surface area contributed by atoms with Gasteiger partial charge in [-0.15, -0.1) is 0 Å². The van der Waals surface area contributed by atoms with Gasteiger partial charge in [0.2, 0.25) is 5.91 Å². The van der Waals surface area contributed by atoms with E-state index in [2.05, 4.69) is 17.0 Å². The molecule has 1 saturated heterocycles. The van der Waals surface area contributed by atoms with Gasteiger partial charge in [0.05, 0.1) is 0 Å². The largest absolute Gasteiger partial charge is 0.381 e. The number of nitrogens with two attached hydrogens (primary N) is 1. The highest BCUT2D eigenvalue weighted by atomic mass is 35.5. The van der Waals surface area contributed by atoms with Crippen LogP contribution in [0.3, 0.4) is 0 Å². The highest BCUT2D eigenvalue weighted by molar-refractivity contribution is 6.32. The summed E-state index contributed by atoms with van der Waals surface area (Å²) in [4.78, 5) is 16.0. The number of anilines is 1. The van der Waals surface area contributed by atoms with Crippen molar-refractivity contribution in [3.05, 3.63) is 11.2 Å². The topological polar surface area (TPSA) is 67.4 Å². The fourth-order valence-electron chi connectivity index (χ4n) is 1.79. The zero-order valence-electron chi connectivity index (χ0n) is 9.77. The average molecular weight is 258 g/mol. The number of nitrogens with zero attached hydrogens (tertiary/aromatic N) is 4. The molecule has 7 heteroatoms. The van der Waals surface area contributed by atoms with E-state index in [1.807, 2.05) is 4.90 Å². The molecule has 1 aliphatic rings. The molecule has 2 heterocycles. The van der Waals surface area contributed by atoms with Gasteiger partial charge < -0.3 is 15.5 Å². The van der Waals surface area contributed by atoms with Gasteiger partial charge >= 0.3 is 0 Å². The highest BCUT2D eigenvalue weighted by Crippen LogP contribution is 2.15. The maximum Gasteiger partial charge on any atom is 0.244 e. The summed E-state index contributed by atoms with van der Waals surface area (Å²) >= 11 is 5.78. The number of piperazine rings is 1. The van der Waals surface area contributed by atoms with E-state index >= 15 is 0 Å². The minimum Gasteiger partial charge on any atom is -0.381 e. The van der Waals surface area contributed by atoms with Crippen molar-refractivity contribution >= 4 is 23.3 Å². The van der Waals surface area contributed by atoms with Crippen LogP contribution in [0.5, 0.6) is 0 Å². The number of aromatic nitrogens is 2. The zero-order chi connectivity index (χ0) is 12.4. The summed E-state index contributed by atoms with van der Waals surface area (Å²) in [6.45, 7) is 3.54. The van der Waals surface area contributed by atoms with Gasteiger partial charge in [-0.25, -0.2) is 0 Å². The van der Waals surface area contributed by atoms with Crippen LogP contribution in [0.15, 0.2) is 6.20 Å². The van der Waals surface area contributed by atoms with E-state index in [0.717, 1.165) is 26.2 Å². The molecule has 0 saturated carbocycles. The standard InChI is InChI=1S/C10H16ClN5O/c1-14-2-4-15(5-3-14)9(17)7-16-6-8(11)10(12)13-16/h6H,2-5,7H2,1H3,(H2,12,13). The van der Waals surface area contributed by atoms with Crippen LogP contribution >= 0.6 is 11.6 Å². The Balaban J connectivity index is 1.93. The second-order valence-corrected chi connectivity index (χ2v) is 4.65. The van der Waals surface area contributed by atoms with Crippen LogP contribution in [-0.2, 0) is 11.3 Å². The fraction of sp³-hybridized carbons (Fsp3) is 0.600. The Bertz CT molecular complexity index is 391. The lowest BCUT2D eigenvalue weighted by atomic mass is 10.3. The molecule has 6 nitrogen and oxygen atoms in total. The molecule has 2 rings (SSSR count). The van der Waals surface area contributed by atoms with E-state index in [1.54, 1.807) is 6.20 Å². The second-order valence-electron chi connectivity index (χ2n) is 4.24. The van der Waals surface area contributed by atoms with E-state index in [0.29, 0.717) is 5.02 Å². The molecule has 2 N–H and O–H groups in total. The predicted molar refractivity (Wildman–Crippen MR) is 65.7 cm³/mol. The number of carbonyl (C=O) groups excluding carboxylic acids is 1. The average Bonchev–Trinajstić information content (AvgIpc) is 2.58. The van der Waals surface area contributed by atoms with Gasteiger partial charge in [0, 0.05) is 32.4 Å². The number of hydrogen-bond acceptors (Lipinski definition) is 4. The second kappa shape index (κ2) is 4.93. The summed E-state index contributed by atoms with van der Waals surface area (Å²) in [5.41, 5.74) is 5.52. The minimum absolute atomic E-state index is 0.0530. The van der Waals surface area contributed by atoms with Crippen molar-refractivity contribution in [1.82, 2.24) is 19.6 Å². The number of carbonyl (C=O) groups is 1. The van der Waals surface area contributed by atoms with Crippen LogP contribution in [0.25, 0.3) is 0 Å². The summed E-state index contributed by atoms with van der Waals surface area (Å²) < 4.78 is 1.48. The Labute approximate surface area is 105 Å². The van der Waals surface area contributed by atoms with Gasteiger partial charge in [0.1, 0.15) is 11.6 Å². The summed E-state index contributed by atoms with van der Waals surface area (Å²) in [6.07, 6.45) is 1.57. The van der Waals surface area contributed by atoms with Crippen molar-refractivity contribution in [2.75, 3.05) is 39.0 Å². The molecular weight excluding hydrogens is 242 g/mol. The third kappa shape index (κ3) is 2.89. The summed E-state index contributed by atoms with van der Waals surface area (Å²) in [5, 5.41) is 4.35. The van der Waals surface area contributed by atoms with Gasteiger partial charge in [-0.05, 0) is 7.05 Å². The highest BCUT2D eigenvalue weighted by Gasteiger charge is 2.19. The third-order valence-electron chi connectivity index (χ3n) is 2.90. The smallest absolute Gasteiger partial charge is 0.244 e. The van der Waals surface area contributed by atoms with E-state index in [9.17, 15) is 4.79 Å². The summed E-state index contributed by atoms with van der Waals surface area (Å²) in [7, 11) is 2.05. The molecule has 1 fully saturated rings. The van der Waals surface area contributed by atoms with E-state index in [1.165, 1.54) is 4.68 Å². The van der Waals surface area contributed by atoms with Crippen LogP contribution < -0.4 is 5.73 Å². The first-order valence-electron chi connectivity index (χ1n) is 5.51. The van der Waals surface area contributed by atoms with E-state index in [4.69, 9.17) is 17.3 Å². The molecular formula is C10H16ClN5O. The molecule has 1 amide bonds. The molecule has 1 aliphatic heterocycles. The van der Waals surface area contributed by atoms with E-state index in [-0.39, 0.29) is 18.3 Å². The zero-order valence-corrected chi connectivity index (χ0v) is 10.5. The predicted octanol–water partition coefficient (Wildman–Crippen LogP) is -0.107. The van der Waals surface area contributed by atoms with Crippen molar-refractivity contribution in [3.8, 4) is 0 Å². The monoisotopic (exact) mass is 257 g/mol. The van der Waals surface area contributed by atoms with E-state index < -0.39 is 0 Å². The van der Waals surface area contributed by atoms with Gasteiger partial charge in [-0.3, -0.25) is 9.48 Å². The maximum atomic E-state index is 12.0. The Morgan fingerprint density at radius 2 is 2.12 bits per heavy atom. The lowest BCUT2D eigenvalue weighted by Crippen LogP contribution is -2.48. The van der Waals surface area contributed by atoms with Crippen LogP contribution in [0, 0.1) is 0 Å². The molecule has 0 unspecified atom stereocenters. The van der Waals surface area contributed by atoms with Crippen molar-refractivity contribution in [1.29, 1.82) is 0 Å². The van der Waals surface area contributed by atoms with Crippen LogP contribution in [0.1, 0.15) is 0 Å². The molecule has 1 aromatic rings. The molecule has 0 aliphatic carbocycles.